The van der Waals surface area contributed by atoms with Gasteiger partial charge in [-0.3, -0.25) is 14.4 Å². The number of hydrogen-bond donors (Lipinski definition) is 0. The molecule has 0 heterocycles. The summed E-state index contributed by atoms with van der Waals surface area (Å²) in [5.74, 6) is -0.878. The second kappa shape index (κ2) is 56.5. The van der Waals surface area contributed by atoms with E-state index in [-0.39, 0.29) is 31.1 Å². The highest BCUT2D eigenvalue weighted by Gasteiger charge is 2.19. The molecule has 6 heteroatoms. The van der Waals surface area contributed by atoms with Crippen molar-refractivity contribution in [3.63, 3.8) is 0 Å². The number of hydrogen-bond acceptors (Lipinski definition) is 6. The Morgan fingerprint density at radius 1 is 0.284 bits per heavy atom. The van der Waals surface area contributed by atoms with Crippen LogP contribution >= 0.6 is 0 Å². The van der Waals surface area contributed by atoms with Crippen LogP contribution < -0.4 is 0 Å². The van der Waals surface area contributed by atoms with E-state index in [1.807, 2.05) is 0 Å². The highest BCUT2D eigenvalue weighted by molar-refractivity contribution is 5.71. The number of ether oxygens (including phenoxy) is 3. The van der Waals surface area contributed by atoms with Crippen molar-refractivity contribution in [1.82, 2.24) is 0 Å². The van der Waals surface area contributed by atoms with Crippen LogP contribution in [0.2, 0.25) is 0 Å². The van der Waals surface area contributed by atoms with Crippen molar-refractivity contribution in [3.8, 4) is 0 Å². The van der Waals surface area contributed by atoms with Gasteiger partial charge in [0.25, 0.3) is 0 Å². The SMILES string of the molecule is CCCCCCCC/C=C\CCCCCC(=O)OCC(COC(=O)CCCCCCC/C=C\CCCCCCCCCCC)OC(=O)CCCCCCCCCCCCCCCCCCCC. The van der Waals surface area contributed by atoms with Crippen LogP contribution in [0.4, 0.5) is 0 Å². The van der Waals surface area contributed by atoms with Crippen LogP contribution in [0.1, 0.15) is 329 Å². The van der Waals surface area contributed by atoms with E-state index in [2.05, 4.69) is 45.1 Å². The number of allylic oxidation sites excluding steroid dienone is 4. The number of rotatable bonds is 55. The van der Waals surface area contributed by atoms with Crippen molar-refractivity contribution in [3.05, 3.63) is 24.3 Å². The molecular formula is C61H114O6. The van der Waals surface area contributed by atoms with Gasteiger partial charge in [-0.1, -0.05) is 263 Å². The summed E-state index contributed by atoms with van der Waals surface area (Å²) >= 11 is 0. The molecule has 394 valence electrons. The van der Waals surface area contributed by atoms with Gasteiger partial charge in [0, 0.05) is 19.3 Å². The van der Waals surface area contributed by atoms with Crippen LogP contribution in [-0.2, 0) is 28.6 Å². The van der Waals surface area contributed by atoms with Crippen LogP contribution in [0.5, 0.6) is 0 Å². The molecule has 1 unspecified atom stereocenters. The van der Waals surface area contributed by atoms with Gasteiger partial charge >= 0.3 is 17.9 Å². The molecule has 0 saturated heterocycles. The zero-order valence-corrected chi connectivity index (χ0v) is 45.2. The lowest BCUT2D eigenvalue weighted by molar-refractivity contribution is -0.167. The van der Waals surface area contributed by atoms with E-state index >= 15 is 0 Å². The van der Waals surface area contributed by atoms with Crippen molar-refractivity contribution < 1.29 is 28.6 Å². The third kappa shape index (κ3) is 54.7. The molecule has 0 aliphatic carbocycles. The molecule has 0 bridgehead atoms. The maximum Gasteiger partial charge on any atom is 0.306 e. The monoisotopic (exact) mass is 943 g/mol. The van der Waals surface area contributed by atoms with Gasteiger partial charge in [-0.05, 0) is 70.6 Å². The minimum absolute atomic E-state index is 0.0760. The van der Waals surface area contributed by atoms with E-state index in [1.54, 1.807) is 0 Å². The highest BCUT2D eigenvalue weighted by atomic mass is 16.6. The van der Waals surface area contributed by atoms with Crippen LogP contribution in [0, 0.1) is 0 Å². The van der Waals surface area contributed by atoms with E-state index in [0.717, 1.165) is 77.0 Å². The van der Waals surface area contributed by atoms with Crippen LogP contribution in [0.25, 0.3) is 0 Å². The lowest BCUT2D eigenvalue weighted by Crippen LogP contribution is -2.30. The van der Waals surface area contributed by atoms with Crippen molar-refractivity contribution in [2.24, 2.45) is 0 Å². The Bertz CT molecular complexity index is 1080. The van der Waals surface area contributed by atoms with Crippen LogP contribution in [-0.4, -0.2) is 37.2 Å². The summed E-state index contributed by atoms with van der Waals surface area (Å²) in [6.07, 6.45) is 66.0. The Morgan fingerprint density at radius 2 is 0.493 bits per heavy atom. The summed E-state index contributed by atoms with van der Waals surface area (Å²) in [4.78, 5) is 38.2. The number of carbonyl (C=O) groups excluding carboxylic acids is 3. The van der Waals surface area contributed by atoms with Gasteiger partial charge in [-0.2, -0.15) is 0 Å². The molecule has 0 aromatic carbocycles. The molecule has 0 aromatic rings. The fourth-order valence-electron chi connectivity index (χ4n) is 8.91. The predicted molar refractivity (Wildman–Crippen MR) is 289 cm³/mol. The quantitative estimate of drug-likeness (QED) is 0.0262. The first-order valence-electron chi connectivity index (χ1n) is 29.8. The summed E-state index contributed by atoms with van der Waals surface area (Å²) in [5, 5.41) is 0. The van der Waals surface area contributed by atoms with Crippen molar-refractivity contribution in [2.75, 3.05) is 13.2 Å². The summed E-state index contributed by atoms with van der Waals surface area (Å²) in [6, 6.07) is 0. The summed E-state index contributed by atoms with van der Waals surface area (Å²) in [5.41, 5.74) is 0. The van der Waals surface area contributed by atoms with Gasteiger partial charge in [0.1, 0.15) is 13.2 Å². The van der Waals surface area contributed by atoms with E-state index in [0.29, 0.717) is 19.3 Å². The second-order valence-corrected chi connectivity index (χ2v) is 20.3. The molecule has 0 saturated carbocycles. The zero-order chi connectivity index (χ0) is 48.6. The van der Waals surface area contributed by atoms with Gasteiger partial charge in [0.2, 0.25) is 0 Å². The van der Waals surface area contributed by atoms with Gasteiger partial charge < -0.3 is 14.2 Å². The lowest BCUT2D eigenvalue weighted by atomic mass is 10.0. The third-order valence-electron chi connectivity index (χ3n) is 13.4. The minimum Gasteiger partial charge on any atom is -0.462 e. The topological polar surface area (TPSA) is 78.9 Å². The summed E-state index contributed by atoms with van der Waals surface area (Å²) in [6.45, 7) is 6.67. The van der Waals surface area contributed by atoms with Gasteiger partial charge in [-0.25, -0.2) is 0 Å². The molecule has 0 radical (unpaired) electrons. The number of unbranched alkanes of at least 4 members (excludes halogenated alkanes) is 40. The summed E-state index contributed by atoms with van der Waals surface area (Å²) in [7, 11) is 0. The predicted octanol–water partition coefficient (Wildman–Crippen LogP) is 19.9. The van der Waals surface area contributed by atoms with Crippen molar-refractivity contribution in [2.45, 2.75) is 335 Å². The standard InChI is InChI=1S/C61H114O6/c1-4-7-10-13-16-19-22-25-27-29-31-33-36-39-42-45-48-51-54-60(63)66-57-58(56-65-59(62)53-50-47-44-41-38-35-24-21-18-15-12-9-6-3)67-61(64)55-52-49-46-43-40-37-34-32-30-28-26-23-20-17-14-11-8-5-2/h31,33,35,38,58H,4-30,32,34,36-37,39-57H2,1-3H3/b33-31-,38-35-. The molecule has 0 rings (SSSR count). The molecular weight excluding hydrogens is 829 g/mol. The molecule has 0 amide bonds. The third-order valence-corrected chi connectivity index (χ3v) is 13.4. The van der Waals surface area contributed by atoms with E-state index in [1.165, 1.54) is 212 Å². The first-order chi connectivity index (χ1) is 33.0. The molecule has 6 nitrogen and oxygen atoms in total. The van der Waals surface area contributed by atoms with E-state index < -0.39 is 6.10 Å². The zero-order valence-electron chi connectivity index (χ0n) is 45.2. The molecule has 67 heavy (non-hydrogen) atoms. The molecule has 1 atom stereocenters. The summed E-state index contributed by atoms with van der Waals surface area (Å²) < 4.78 is 16.9. The Balaban J connectivity index is 4.33. The van der Waals surface area contributed by atoms with Crippen LogP contribution in [0.15, 0.2) is 24.3 Å². The molecule has 0 fully saturated rings. The van der Waals surface area contributed by atoms with Gasteiger partial charge in [0.15, 0.2) is 6.10 Å². The largest absolute Gasteiger partial charge is 0.462 e. The first-order valence-corrected chi connectivity index (χ1v) is 29.8. The number of esters is 3. The average Bonchev–Trinajstić information content (AvgIpc) is 3.33. The minimum atomic E-state index is -0.777. The molecule has 0 N–H and O–H groups in total. The van der Waals surface area contributed by atoms with Crippen LogP contribution in [0.3, 0.4) is 0 Å². The first kappa shape index (κ1) is 64.9. The fraction of sp³-hybridized carbons (Fsp3) is 0.885. The smallest absolute Gasteiger partial charge is 0.306 e. The number of carbonyl (C=O) groups is 3. The second-order valence-electron chi connectivity index (χ2n) is 20.3. The Kier molecular flexibility index (Phi) is 54.7. The molecule has 0 spiro atoms. The molecule has 0 aliphatic heterocycles. The van der Waals surface area contributed by atoms with E-state index in [4.69, 9.17) is 14.2 Å². The Morgan fingerprint density at radius 3 is 0.761 bits per heavy atom. The van der Waals surface area contributed by atoms with Crippen molar-refractivity contribution in [1.29, 1.82) is 0 Å². The van der Waals surface area contributed by atoms with Gasteiger partial charge in [0.05, 0.1) is 0 Å². The normalized spacial score (nSPS) is 12.1. The van der Waals surface area contributed by atoms with Crippen molar-refractivity contribution >= 4 is 17.9 Å². The maximum absolute atomic E-state index is 12.9. The lowest BCUT2D eigenvalue weighted by Gasteiger charge is -2.18. The highest BCUT2D eigenvalue weighted by Crippen LogP contribution is 2.17. The Labute approximate surface area is 417 Å². The maximum atomic E-state index is 12.9. The van der Waals surface area contributed by atoms with Gasteiger partial charge in [-0.15, -0.1) is 0 Å². The molecule has 0 aromatic heterocycles. The Hall–Kier alpha value is -2.11. The fourth-order valence-corrected chi connectivity index (χ4v) is 8.91. The van der Waals surface area contributed by atoms with E-state index in [9.17, 15) is 14.4 Å². The average molecular weight is 944 g/mol. The molecule has 0 aliphatic rings.